The lowest BCUT2D eigenvalue weighted by Gasteiger charge is -2.28. The minimum absolute atomic E-state index is 0.588. The number of benzene rings is 1. The summed E-state index contributed by atoms with van der Waals surface area (Å²) in [7, 11) is 0. The Labute approximate surface area is 206 Å². The first-order valence-corrected chi connectivity index (χ1v) is 12.8. The Morgan fingerprint density at radius 2 is 1.89 bits per heavy atom. The topological polar surface area (TPSA) is 63.3 Å². The Bertz CT molecular complexity index is 1300. The molecule has 1 aliphatic carbocycles. The molecule has 0 amide bonds. The molecule has 4 aromatic rings. The van der Waals surface area contributed by atoms with Gasteiger partial charge in [-0.2, -0.15) is 0 Å². The molecule has 1 fully saturated rings. The number of morpholine rings is 1. The SMILES string of the molecule is c1ccc(CCOc2cc(Cc3ccc4[nH]c5c(c4c3)CCCC5)nc(N3CCOCC3)c2)nc1. The van der Waals surface area contributed by atoms with E-state index in [0.29, 0.717) is 6.61 Å². The summed E-state index contributed by atoms with van der Waals surface area (Å²) in [4.78, 5) is 15.4. The Kier molecular flexibility index (Phi) is 6.37. The summed E-state index contributed by atoms with van der Waals surface area (Å²) in [6.45, 7) is 3.76. The molecule has 0 radical (unpaired) electrons. The molecule has 0 spiro atoms. The molecule has 1 aromatic carbocycles. The summed E-state index contributed by atoms with van der Waals surface area (Å²) in [6, 6.07) is 17.0. The van der Waals surface area contributed by atoms with Crippen molar-refractivity contribution in [2.45, 2.75) is 38.5 Å². The van der Waals surface area contributed by atoms with E-state index in [1.54, 1.807) is 0 Å². The van der Waals surface area contributed by atoms with Crippen LogP contribution in [0.2, 0.25) is 0 Å². The molecule has 180 valence electrons. The first-order chi connectivity index (χ1) is 17.3. The molecule has 2 aliphatic rings. The number of aromatic nitrogens is 3. The van der Waals surface area contributed by atoms with Crippen LogP contribution in [0.4, 0.5) is 5.82 Å². The van der Waals surface area contributed by atoms with E-state index in [1.165, 1.54) is 53.4 Å². The minimum atomic E-state index is 0.588. The highest BCUT2D eigenvalue weighted by Gasteiger charge is 2.17. The number of ether oxygens (including phenoxy) is 2. The second kappa shape index (κ2) is 10.1. The lowest BCUT2D eigenvalue weighted by Crippen LogP contribution is -2.36. The number of nitrogens with zero attached hydrogens (tertiary/aromatic N) is 3. The fourth-order valence-electron chi connectivity index (χ4n) is 5.26. The predicted molar refractivity (Wildman–Crippen MR) is 138 cm³/mol. The Morgan fingerprint density at radius 3 is 2.77 bits per heavy atom. The van der Waals surface area contributed by atoms with Gasteiger partial charge in [0, 0.05) is 66.6 Å². The van der Waals surface area contributed by atoms with Crippen LogP contribution in [0, 0.1) is 0 Å². The summed E-state index contributed by atoms with van der Waals surface area (Å²) in [5, 5.41) is 1.38. The van der Waals surface area contributed by atoms with Gasteiger partial charge in [-0.1, -0.05) is 12.1 Å². The molecule has 0 bridgehead atoms. The maximum atomic E-state index is 6.21. The number of anilines is 1. The number of rotatable bonds is 7. The van der Waals surface area contributed by atoms with Crippen LogP contribution < -0.4 is 9.64 Å². The smallest absolute Gasteiger partial charge is 0.132 e. The fourth-order valence-corrected chi connectivity index (χ4v) is 5.26. The van der Waals surface area contributed by atoms with Crippen molar-refractivity contribution in [3.05, 3.63) is 82.9 Å². The number of aromatic amines is 1. The second-order valence-electron chi connectivity index (χ2n) is 9.52. The molecule has 0 unspecified atom stereocenters. The number of H-pyrrole nitrogens is 1. The van der Waals surface area contributed by atoms with Crippen LogP contribution >= 0.6 is 0 Å². The molecular weight excluding hydrogens is 436 g/mol. The molecule has 1 aliphatic heterocycles. The number of pyridine rings is 2. The van der Waals surface area contributed by atoms with Gasteiger partial charge in [0.1, 0.15) is 11.6 Å². The van der Waals surface area contributed by atoms with Gasteiger partial charge in [0.05, 0.1) is 25.5 Å². The maximum absolute atomic E-state index is 6.21. The standard InChI is InChI=1S/C29H32N4O2/c1-2-7-27-25(6-1)26-18-21(8-9-28(26)32-27)17-23-19-24(35-14-10-22-5-3-4-11-30-22)20-29(31-23)33-12-15-34-16-13-33/h3-5,8-9,11,18-20,32H,1-2,6-7,10,12-17H2. The van der Waals surface area contributed by atoms with Crippen molar-refractivity contribution in [3.63, 3.8) is 0 Å². The molecule has 6 rings (SSSR count). The van der Waals surface area contributed by atoms with Gasteiger partial charge in [-0.05, 0) is 61.1 Å². The van der Waals surface area contributed by atoms with Gasteiger partial charge in [0.15, 0.2) is 0 Å². The highest BCUT2D eigenvalue weighted by Crippen LogP contribution is 2.31. The van der Waals surface area contributed by atoms with Crippen LogP contribution in [0.5, 0.6) is 5.75 Å². The van der Waals surface area contributed by atoms with Crippen LogP contribution in [-0.4, -0.2) is 47.9 Å². The van der Waals surface area contributed by atoms with E-state index < -0.39 is 0 Å². The molecule has 6 nitrogen and oxygen atoms in total. The van der Waals surface area contributed by atoms with Crippen LogP contribution in [-0.2, 0) is 30.4 Å². The van der Waals surface area contributed by atoms with Crippen molar-refractivity contribution >= 4 is 16.7 Å². The summed E-state index contributed by atoms with van der Waals surface area (Å²) in [5.74, 6) is 1.84. The number of aryl methyl sites for hydroxylation is 2. The summed E-state index contributed by atoms with van der Waals surface area (Å²) >= 11 is 0. The zero-order valence-electron chi connectivity index (χ0n) is 20.1. The van der Waals surface area contributed by atoms with E-state index in [4.69, 9.17) is 14.5 Å². The van der Waals surface area contributed by atoms with Crippen molar-refractivity contribution in [2.24, 2.45) is 0 Å². The predicted octanol–water partition coefficient (Wildman–Crippen LogP) is 4.89. The average Bonchev–Trinajstić information content (AvgIpc) is 3.28. The van der Waals surface area contributed by atoms with Crippen molar-refractivity contribution in [2.75, 3.05) is 37.8 Å². The van der Waals surface area contributed by atoms with Gasteiger partial charge in [0.25, 0.3) is 0 Å². The first-order valence-electron chi connectivity index (χ1n) is 12.8. The summed E-state index contributed by atoms with van der Waals surface area (Å²) in [5.41, 5.74) is 7.56. The summed E-state index contributed by atoms with van der Waals surface area (Å²) < 4.78 is 11.8. The molecule has 1 N–H and O–H groups in total. The zero-order chi connectivity index (χ0) is 23.5. The summed E-state index contributed by atoms with van der Waals surface area (Å²) in [6.07, 6.45) is 8.31. The van der Waals surface area contributed by atoms with Gasteiger partial charge in [-0.25, -0.2) is 4.98 Å². The third-order valence-electron chi connectivity index (χ3n) is 7.07. The van der Waals surface area contributed by atoms with E-state index in [2.05, 4.69) is 45.2 Å². The number of hydrogen-bond donors (Lipinski definition) is 1. The largest absolute Gasteiger partial charge is 0.493 e. The van der Waals surface area contributed by atoms with E-state index in [-0.39, 0.29) is 0 Å². The van der Waals surface area contributed by atoms with Crippen LogP contribution in [0.1, 0.15) is 41.1 Å². The number of fused-ring (bicyclic) bond motifs is 3. The Balaban J connectivity index is 1.25. The molecule has 4 heterocycles. The van der Waals surface area contributed by atoms with Crippen molar-refractivity contribution in [1.82, 2.24) is 15.0 Å². The average molecular weight is 469 g/mol. The third-order valence-corrected chi connectivity index (χ3v) is 7.07. The van der Waals surface area contributed by atoms with E-state index >= 15 is 0 Å². The number of hydrogen-bond acceptors (Lipinski definition) is 5. The Hall–Kier alpha value is -3.38. The van der Waals surface area contributed by atoms with E-state index in [0.717, 1.165) is 62.1 Å². The highest BCUT2D eigenvalue weighted by atomic mass is 16.5. The van der Waals surface area contributed by atoms with Crippen LogP contribution in [0.3, 0.4) is 0 Å². The molecule has 0 saturated carbocycles. The monoisotopic (exact) mass is 468 g/mol. The zero-order valence-corrected chi connectivity index (χ0v) is 20.1. The molecule has 6 heteroatoms. The molecule has 0 atom stereocenters. The lowest BCUT2D eigenvalue weighted by molar-refractivity contribution is 0.122. The van der Waals surface area contributed by atoms with Crippen LogP contribution in [0.25, 0.3) is 10.9 Å². The van der Waals surface area contributed by atoms with Gasteiger partial charge < -0.3 is 19.4 Å². The minimum Gasteiger partial charge on any atom is -0.493 e. The second-order valence-corrected chi connectivity index (χ2v) is 9.52. The molecular formula is C29H32N4O2. The van der Waals surface area contributed by atoms with E-state index in [9.17, 15) is 0 Å². The maximum Gasteiger partial charge on any atom is 0.132 e. The molecule has 3 aromatic heterocycles. The lowest BCUT2D eigenvalue weighted by atomic mass is 9.95. The van der Waals surface area contributed by atoms with Gasteiger partial charge >= 0.3 is 0 Å². The van der Waals surface area contributed by atoms with Crippen molar-refractivity contribution in [3.8, 4) is 5.75 Å². The highest BCUT2D eigenvalue weighted by molar-refractivity contribution is 5.85. The quantitative estimate of drug-likeness (QED) is 0.419. The third kappa shape index (κ3) is 5.03. The fraction of sp³-hybridized carbons (Fsp3) is 0.379. The Morgan fingerprint density at radius 1 is 0.971 bits per heavy atom. The first kappa shape index (κ1) is 22.1. The van der Waals surface area contributed by atoms with Gasteiger partial charge in [-0.3, -0.25) is 4.98 Å². The number of nitrogens with one attached hydrogen (secondary N) is 1. The van der Waals surface area contributed by atoms with E-state index in [1.807, 2.05) is 24.4 Å². The normalized spacial score (nSPS) is 15.8. The van der Waals surface area contributed by atoms with Gasteiger partial charge in [-0.15, -0.1) is 0 Å². The van der Waals surface area contributed by atoms with Crippen molar-refractivity contribution in [1.29, 1.82) is 0 Å². The van der Waals surface area contributed by atoms with Crippen molar-refractivity contribution < 1.29 is 9.47 Å². The van der Waals surface area contributed by atoms with Gasteiger partial charge in [0.2, 0.25) is 0 Å². The molecule has 1 saturated heterocycles. The van der Waals surface area contributed by atoms with Crippen LogP contribution in [0.15, 0.2) is 54.7 Å². The molecule has 35 heavy (non-hydrogen) atoms.